The van der Waals surface area contributed by atoms with E-state index in [2.05, 4.69) is 64.1 Å². The average molecular weight is 186 g/mol. The third-order valence-electron chi connectivity index (χ3n) is 1.95. The lowest BCUT2D eigenvalue weighted by Gasteiger charge is -1.98. The fourth-order valence-electron chi connectivity index (χ4n) is 1.52. The van der Waals surface area contributed by atoms with Crippen molar-refractivity contribution in [2.45, 2.75) is 27.7 Å². The number of hydrogen-bond donors (Lipinski definition) is 0. The minimum absolute atomic E-state index is 1.28. The molecule has 0 N–H and O–H groups in total. The van der Waals surface area contributed by atoms with Gasteiger partial charge >= 0.3 is 0 Å². The molecule has 74 valence electrons. The summed E-state index contributed by atoms with van der Waals surface area (Å²) in [6, 6.07) is 8.54. The second-order valence-electron chi connectivity index (χ2n) is 4.02. The highest BCUT2D eigenvalue weighted by molar-refractivity contribution is 5.56. The molecule has 0 aliphatic heterocycles. The van der Waals surface area contributed by atoms with Crippen LogP contribution in [0.1, 0.15) is 31.9 Å². The van der Waals surface area contributed by atoms with Crippen LogP contribution in [0.15, 0.2) is 41.5 Å². The van der Waals surface area contributed by atoms with Crippen molar-refractivity contribution in [2.24, 2.45) is 0 Å². The van der Waals surface area contributed by atoms with Crippen LogP contribution in [0.4, 0.5) is 0 Å². The normalized spacial score (nSPS) is 11.3. The van der Waals surface area contributed by atoms with Gasteiger partial charge in [0.25, 0.3) is 0 Å². The van der Waals surface area contributed by atoms with Gasteiger partial charge in [-0.2, -0.15) is 0 Å². The van der Waals surface area contributed by atoms with Crippen LogP contribution in [0.5, 0.6) is 0 Å². The molecular weight excluding hydrogens is 168 g/mol. The van der Waals surface area contributed by atoms with Crippen LogP contribution in [0.25, 0.3) is 6.08 Å². The molecule has 0 saturated carbocycles. The minimum atomic E-state index is 1.28. The molecule has 1 aromatic carbocycles. The topological polar surface area (TPSA) is 0 Å². The van der Waals surface area contributed by atoms with Gasteiger partial charge in [0.1, 0.15) is 0 Å². The monoisotopic (exact) mass is 186 g/mol. The van der Waals surface area contributed by atoms with Crippen LogP contribution in [0.3, 0.4) is 0 Å². The van der Waals surface area contributed by atoms with Crippen molar-refractivity contribution in [1.82, 2.24) is 0 Å². The van der Waals surface area contributed by atoms with Crippen LogP contribution < -0.4 is 0 Å². The average Bonchev–Trinajstić information content (AvgIpc) is 2.01. The van der Waals surface area contributed by atoms with E-state index in [1.54, 1.807) is 0 Å². The van der Waals surface area contributed by atoms with Crippen molar-refractivity contribution in [3.8, 4) is 0 Å². The summed E-state index contributed by atoms with van der Waals surface area (Å²) in [5.41, 5.74) is 5.23. The van der Waals surface area contributed by atoms with Crippen LogP contribution in [0.2, 0.25) is 0 Å². The van der Waals surface area contributed by atoms with E-state index in [4.69, 9.17) is 0 Å². The maximum absolute atomic E-state index is 2.21. The van der Waals surface area contributed by atoms with Crippen LogP contribution in [0, 0.1) is 6.92 Å². The molecule has 0 aromatic heterocycles. The molecule has 0 fully saturated rings. The SMILES string of the molecule is CC(C)=CC(C)=Cc1cccc(C)c1. The maximum Gasteiger partial charge on any atom is -0.0251 e. The van der Waals surface area contributed by atoms with Gasteiger partial charge in [0, 0.05) is 0 Å². The van der Waals surface area contributed by atoms with E-state index in [0.29, 0.717) is 0 Å². The van der Waals surface area contributed by atoms with E-state index in [-0.39, 0.29) is 0 Å². The summed E-state index contributed by atoms with van der Waals surface area (Å²) in [6.07, 6.45) is 4.41. The summed E-state index contributed by atoms with van der Waals surface area (Å²) >= 11 is 0. The summed E-state index contributed by atoms with van der Waals surface area (Å²) in [5, 5.41) is 0. The first kappa shape index (κ1) is 10.8. The van der Waals surface area contributed by atoms with E-state index in [1.807, 2.05) is 0 Å². The van der Waals surface area contributed by atoms with Gasteiger partial charge in [-0.05, 0) is 33.3 Å². The van der Waals surface area contributed by atoms with Crippen molar-refractivity contribution in [1.29, 1.82) is 0 Å². The molecule has 0 amide bonds. The van der Waals surface area contributed by atoms with E-state index in [9.17, 15) is 0 Å². The van der Waals surface area contributed by atoms with E-state index < -0.39 is 0 Å². The Balaban J connectivity index is 2.92. The van der Waals surface area contributed by atoms with Gasteiger partial charge in [-0.25, -0.2) is 0 Å². The summed E-state index contributed by atoms with van der Waals surface area (Å²) in [4.78, 5) is 0. The van der Waals surface area contributed by atoms with E-state index in [0.717, 1.165) is 0 Å². The zero-order valence-electron chi connectivity index (χ0n) is 9.46. The molecular formula is C14H18. The Labute approximate surface area is 87.0 Å². The van der Waals surface area contributed by atoms with Gasteiger partial charge in [0.15, 0.2) is 0 Å². The van der Waals surface area contributed by atoms with Crippen LogP contribution >= 0.6 is 0 Å². The molecule has 0 nitrogen and oxygen atoms in total. The molecule has 1 rings (SSSR count). The Morgan fingerprint density at radius 2 is 1.86 bits per heavy atom. The molecule has 0 aliphatic rings. The first-order valence-corrected chi connectivity index (χ1v) is 4.98. The number of aryl methyl sites for hydroxylation is 1. The van der Waals surface area contributed by atoms with Gasteiger partial charge in [0.05, 0.1) is 0 Å². The largest absolute Gasteiger partial charge is 0.0762 e. The number of hydrogen-bond acceptors (Lipinski definition) is 0. The molecule has 0 atom stereocenters. The highest BCUT2D eigenvalue weighted by atomic mass is 14.0. The highest BCUT2D eigenvalue weighted by Crippen LogP contribution is 2.10. The second-order valence-corrected chi connectivity index (χ2v) is 4.02. The first-order valence-electron chi connectivity index (χ1n) is 4.98. The van der Waals surface area contributed by atoms with Crippen LogP contribution in [-0.4, -0.2) is 0 Å². The smallest absolute Gasteiger partial charge is 0.0251 e. The molecule has 0 bridgehead atoms. The molecule has 0 saturated heterocycles. The van der Waals surface area contributed by atoms with Gasteiger partial charge in [-0.3, -0.25) is 0 Å². The van der Waals surface area contributed by atoms with Crippen LogP contribution in [-0.2, 0) is 0 Å². The van der Waals surface area contributed by atoms with Crippen molar-refractivity contribution < 1.29 is 0 Å². The molecule has 0 heteroatoms. The molecule has 0 aliphatic carbocycles. The second kappa shape index (κ2) is 4.80. The van der Waals surface area contributed by atoms with Gasteiger partial charge in [-0.15, -0.1) is 0 Å². The highest BCUT2D eigenvalue weighted by Gasteiger charge is 1.89. The molecule has 0 heterocycles. The zero-order valence-corrected chi connectivity index (χ0v) is 9.46. The summed E-state index contributed by atoms with van der Waals surface area (Å²) in [5.74, 6) is 0. The fraction of sp³-hybridized carbons (Fsp3) is 0.286. The Bertz CT molecular complexity index is 363. The lowest BCUT2D eigenvalue weighted by atomic mass is 10.1. The fourth-order valence-corrected chi connectivity index (χ4v) is 1.52. The molecule has 1 aromatic rings. The third-order valence-corrected chi connectivity index (χ3v) is 1.95. The Hall–Kier alpha value is -1.30. The third kappa shape index (κ3) is 3.61. The number of rotatable bonds is 2. The quantitative estimate of drug-likeness (QED) is 0.602. The predicted octanol–water partition coefficient (Wildman–Crippen LogP) is 4.36. The Kier molecular flexibility index (Phi) is 3.70. The standard InChI is InChI=1S/C14H18/c1-11(2)8-13(4)10-14-7-5-6-12(3)9-14/h5-10H,1-4H3. The maximum atomic E-state index is 2.21. The summed E-state index contributed by atoms with van der Waals surface area (Å²) in [6.45, 7) is 8.49. The molecule has 0 radical (unpaired) electrons. The number of allylic oxidation sites excluding steroid dienone is 3. The number of benzene rings is 1. The van der Waals surface area contributed by atoms with Gasteiger partial charge in [0.2, 0.25) is 0 Å². The molecule has 0 spiro atoms. The lowest BCUT2D eigenvalue weighted by Crippen LogP contribution is -1.77. The minimum Gasteiger partial charge on any atom is -0.0762 e. The Morgan fingerprint density at radius 1 is 1.14 bits per heavy atom. The van der Waals surface area contributed by atoms with Gasteiger partial charge in [-0.1, -0.05) is 53.1 Å². The van der Waals surface area contributed by atoms with Crippen molar-refractivity contribution in [3.05, 3.63) is 52.6 Å². The lowest BCUT2D eigenvalue weighted by molar-refractivity contribution is 1.36. The molecule has 14 heavy (non-hydrogen) atoms. The molecule has 0 unspecified atom stereocenters. The van der Waals surface area contributed by atoms with E-state index >= 15 is 0 Å². The van der Waals surface area contributed by atoms with Gasteiger partial charge < -0.3 is 0 Å². The predicted molar refractivity (Wildman–Crippen MR) is 64.3 cm³/mol. The zero-order chi connectivity index (χ0) is 10.6. The summed E-state index contributed by atoms with van der Waals surface area (Å²) < 4.78 is 0. The van der Waals surface area contributed by atoms with E-state index in [1.165, 1.54) is 22.3 Å². The summed E-state index contributed by atoms with van der Waals surface area (Å²) in [7, 11) is 0. The first-order chi connectivity index (χ1) is 6.58. The Morgan fingerprint density at radius 3 is 2.43 bits per heavy atom. The van der Waals surface area contributed by atoms with Crippen molar-refractivity contribution in [2.75, 3.05) is 0 Å². The van der Waals surface area contributed by atoms with Crippen molar-refractivity contribution >= 4 is 6.08 Å². The van der Waals surface area contributed by atoms with Crippen molar-refractivity contribution in [3.63, 3.8) is 0 Å².